The first-order valence-corrected chi connectivity index (χ1v) is 7.98. The number of nitrogens with zero attached hydrogens (tertiary/aromatic N) is 1. The highest BCUT2D eigenvalue weighted by atomic mass is 32.1. The number of nitrogens with one attached hydrogen (secondary N) is 1. The van der Waals surface area contributed by atoms with Crippen molar-refractivity contribution in [3.05, 3.63) is 21.4 Å². The fraction of sp³-hybridized carbons (Fsp3) is 0.667. The minimum absolute atomic E-state index is 0.280. The molecule has 1 fully saturated rings. The van der Waals surface area contributed by atoms with Crippen molar-refractivity contribution in [2.45, 2.75) is 39.7 Å². The number of aryl methyl sites for hydroxylation is 2. The number of hydrogen-bond acceptors (Lipinski definition) is 4. The molecule has 0 saturated carbocycles. The van der Waals surface area contributed by atoms with Crippen LogP contribution in [0, 0.1) is 13.8 Å². The summed E-state index contributed by atoms with van der Waals surface area (Å²) < 4.78 is 0. The smallest absolute Gasteiger partial charge is 0.177 e. The van der Waals surface area contributed by atoms with E-state index in [2.05, 4.69) is 24.1 Å². The standard InChI is InChI=1S/C15H24N2OS/c1-4-17(13-5-7-16-8-6-13)10-15(18)14-9-11(2)19-12(14)3/h9,13,16H,4-8,10H2,1-3H3. The number of likely N-dealkylation sites (N-methyl/N-ethyl adjacent to an activating group) is 1. The molecule has 1 aromatic rings. The van der Waals surface area contributed by atoms with E-state index in [0.717, 1.165) is 42.9 Å². The molecule has 2 rings (SSSR count). The Bertz CT molecular complexity index is 435. The summed E-state index contributed by atoms with van der Waals surface area (Å²) in [7, 11) is 0. The number of carbonyl (C=O) groups is 1. The first-order valence-electron chi connectivity index (χ1n) is 7.16. The molecule has 4 heteroatoms. The molecule has 19 heavy (non-hydrogen) atoms. The lowest BCUT2D eigenvalue weighted by molar-refractivity contribution is 0.0874. The lowest BCUT2D eigenvalue weighted by Crippen LogP contribution is -2.45. The summed E-state index contributed by atoms with van der Waals surface area (Å²) in [6.45, 7) is 9.94. The minimum Gasteiger partial charge on any atom is -0.317 e. The molecule has 0 aliphatic carbocycles. The van der Waals surface area contributed by atoms with Crippen molar-refractivity contribution < 1.29 is 4.79 Å². The van der Waals surface area contributed by atoms with E-state index in [1.165, 1.54) is 4.88 Å². The number of piperidine rings is 1. The van der Waals surface area contributed by atoms with E-state index in [1.54, 1.807) is 11.3 Å². The van der Waals surface area contributed by atoms with Crippen LogP contribution in [0.2, 0.25) is 0 Å². The average molecular weight is 280 g/mol. The number of rotatable bonds is 5. The van der Waals surface area contributed by atoms with Gasteiger partial charge in [-0.2, -0.15) is 0 Å². The third-order valence-corrected chi connectivity index (χ3v) is 4.89. The molecule has 3 nitrogen and oxygen atoms in total. The molecular weight excluding hydrogens is 256 g/mol. The highest BCUT2D eigenvalue weighted by Crippen LogP contribution is 2.22. The van der Waals surface area contributed by atoms with Gasteiger partial charge >= 0.3 is 0 Å². The zero-order valence-electron chi connectivity index (χ0n) is 12.2. The summed E-state index contributed by atoms with van der Waals surface area (Å²) in [5.41, 5.74) is 0.926. The molecule has 0 atom stereocenters. The van der Waals surface area contributed by atoms with Crippen molar-refractivity contribution in [3.8, 4) is 0 Å². The maximum Gasteiger partial charge on any atom is 0.177 e. The molecular formula is C15H24N2OS. The van der Waals surface area contributed by atoms with Gasteiger partial charge in [0.25, 0.3) is 0 Å². The van der Waals surface area contributed by atoms with Gasteiger partial charge in [-0.05, 0) is 52.4 Å². The Hall–Kier alpha value is -0.710. The maximum absolute atomic E-state index is 12.4. The Labute approximate surface area is 120 Å². The highest BCUT2D eigenvalue weighted by Gasteiger charge is 2.23. The number of Topliss-reactive ketones (excluding diaryl/α,β-unsaturated/α-hetero) is 1. The summed E-state index contributed by atoms with van der Waals surface area (Å²) in [5, 5.41) is 3.38. The Morgan fingerprint density at radius 3 is 2.63 bits per heavy atom. The lowest BCUT2D eigenvalue weighted by atomic mass is 10.0. The highest BCUT2D eigenvalue weighted by molar-refractivity contribution is 7.12. The monoisotopic (exact) mass is 280 g/mol. The third-order valence-electron chi connectivity index (χ3n) is 3.92. The zero-order chi connectivity index (χ0) is 13.8. The molecule has 106 valence electrons. The van der Waals surface area contributed by atoms with Gasteiger partial charge in [-0.1, -0.05) is 6.92 Å². The van der Waals surface area contributed by atoms with E-state index in [9.17, 15) is 4.79 Å². The third kappa shape index (κ3) is 3.65. The predicted molar refractivity (Wildman–Crippen MR) is 81.3 cm³/mol. The van der Waals surface area contributed by atoms with Gasteiger partial charge in [-0.3, -0.25) is 9.69 Å². The van der Waals surface area contributed by atoms with Gasteiger partial charge in [-0.15, -0.1) is 11.3 Å². The van der Waals surface area contributed by atoms with Gasteiger partial charge in [0.1, 0.15) is 0 Å². The molecule has 0 amide bonds. The second kappa shape index (κ2) is 6.64. The van der Waals surface area contributed by atoms with Crippen molar-refractivity contribution in [2.75, 3.05) is 26.2 Å². The Morgan fingerprint density at radius 1 is 1.42 bits per heavy atom. The molecule has 1 N–H and O–H groups in total. The SMILES string of the molecule is CCN(CC(=O)c1cc(C)sc1C)C1CCNCC1. The van der Waals surface area contributed by atoms with Crippen LogP contribution >= 0.6 is 11.3 Å². The van der Waals surface area contributed by atoms with Gasteiger partial charge in [0.05, 0.1) is 6.54 Å². The van der Waals surface area contributed by atoms with Gasteiger partial charge in [0.2, 0.25) is 0 Å². The van der Waals surface area contributed by atoms with E-state index < -0.39 is 0 Å². The van der Waals surface area contributed by atoms with Gasteiger partial charge in [0.15, 0.2) is 5.78 Å². The Balaban J connectivity index is 2.01. The van der Waals surface area contributed by atoms with E-state index in [4.69, 9.17) is 0 Å². The summed E-state index contributed by atoms with van der Waals surface area (Å²) >= 11 is 1.72. The second-order valence-corrected chi connectivity index (χ2v) is 6.75. The molecule has 1 aliphatic heterocycles. The van der Waals surface area contributed by atoms with Crippen molar-refractivity contribution in [3.63, 3.8) is 0 Å². The predicted octanol–water partition coefficient (Wildman–Crippen LogP) is 2.62. The van der Waals surface area contributed by atoms with Crippen molar-refractivity contribution in [1.29, 1.82) is 0 Å². The molecule has 2 heterocycles. The number of carbonyl (C=O) groups excluding carboxylic acids is 1. The molecule has 0 spiro atoms. The van der Waals surface area contributed by atoms with Gasteiger partial charge in [0, 0.05) is 21.4 Å². The molecule has 1 aromatic heterocycles. The van der Waals surface area contributed by atoms with Crippen LogP contribution in [0.1, 0.15) is 39.9 Å². The fourth-order valence-electron chi connectivity index (χ4n) is 2.85. The normalized spacial score (nSPS) is 17.1. The Kier molecular flexibility index (Phi) is 5.13. The number of hydrogen-bond donors (Lipinski definition) is 1. The lowest BCUT2D eigenvalue weighted by Gasteiger charge is -2.33. The summed E-state index contributed by atoms with van der Waals surface area (Å²) in [4.78, 5) is 17.2. The Morgan fingerprint density at radius 2 is 2.11 bits per heavy atom. The average Bonchev–Trinajstić information content (AvgIpc) is 2.76. The van der Waals surface area contributed by atoms with Gasteiger partial charge < -0.3 is 5.32 Å². The molecule has 1 saturated heterocycles. The quantitative estimate of drug-likeness (QED) is 0.842. The molecule has 1 aliphatic rings. The van der Waals surface area contributed by atoms with E-state index >= 15 is 0 Å². The van der Waals surface area contributed by atoms with E-state index in [-0.39, 0.29) is 5.78 Å². The zero-order valence-corrected chi connectivity index (χ0v) is 13.0. The van der Waals surface area contributed by atoms with E-state index in [0.29, 0.717) is 12.6 Å². The largest absolute Gasteiger partial charge is 0.317 e. The van der Waals surface area contributed by atoms with Crippen LogP contribution in [0.5, 0.6) is 0 Å². The van der Waals surface area contributed by atoms with Crippen LogP contribution in [0.3, 0.4) is 0 Å². The summed E-state index contributed by atoms with van der Waals surface area (Å²) in [5.74, 6) is 0.280. The first kappa shape index (κ1) is 14.7. The van der Waals surface area contributed by atoms with Crippen LogP contribution in [-0.4, -0.2) is 42.9 Å². The summed E-state index contributed by atoms with van der Waals surface area (Å²) in [6.07, 6.45) is 2.31. The van der Waals surface area contributed by atoms with Crippen molar-refractivity contribution in [1.82, 2.24) is 10.2 Å². The topological polar surface area (TPSA) is 32.3 Å². The van der Waals surface area contributed by atoms with Crippen LogP contribution in [0.15, 0.2) is 6.07 Å². The first-order chi connectivity index (χ1) is 9.11. The molecule has 0 aromatic carbocycles. The van der Waals surface area contributed by atoms with Gasteiger partial charge in [-0.25, -0.2) is 0 Å². The maximum atomic E-state index is 12.4. The summed E-state index contributed by atoms with van der Waals surface area (Å²) in [6, 6.07) is 2.61. The fourth-order valence-corrected chi connectivity index (χ4v) is 3.79. The number of ketones is 1. The number of thiophene rings is 1. The van der Waals surface area contributed by atoms with Crippen LogP contribution < -0.4 is 5.32 Å². The molecule has 0 unspecified atom stereocenters. The van der Waals surface area contributed by atoms with Crippen LogP contribution in [-0.2, 0) is 0 Å². The molecule has 0 bridgehead atoms. The molecule has 0 radical (unpaired) electrons. The second-order valence-electron chi connectivity index (χ2n) is 5.29. The van der Waals surface area contributed by atoms with Crippen molar-refractivity contribution >= 4 is 17.1 Å². The van der Waals surface area contributed by atoms with Crippen LogP contribution in [0.4, 0.5) is 0 Å². The van der Waals surface area contributed by atoms with E-state index in [1.807, 2.05) is 13.0 Å². The minimum atomic E-state index is 0.280. The van der Waals surface area contributed by atoms with Crippen molar-refractivity contribution in [2.24, 2.45) is 0 Å². The van der Waals surface area contributed by atoms with Crippen LogP contribution in [0.25, 0.3) is 0 Å².